The second-order valence-corrected chi connectivity index (χ2v) is 6.59. The number of carbonyl (C=O) groups is 2. The maximum atomic E-state index is 11.9. The summed E-state index contributed by atoms with van der Waals surface area (Å²) < 4.78 is 0. The fourth-order valence-electron chi connectivity index (χ4n) is 2.91. The summed E-state index contributed by atoms with van der Waals surface area (Å²) in [5.41, 5.74) is 8.65. The molecule has 0 spiro atoms. The number of benzene rings is 2. The fraction of sp³-hybridized carbons (Fsp3) is 0.130. The van der Waals surface area contributed by atoms with E-state index in [0.29, 0.717) is 11.3 Å². The number of rotatable bonds is 3. The molecule has 2 amide bonds. The summed E-state index contributed by atoms with van der Waals surface area (Å²) in [5, 5.41) is 5.74. The summed E-state index contributed by atoms with van der Waals surface area (Å²) in [7, 11) is 0. The second kappa shape index (κ2) is 11.2. The monoisotopic (exact) mass is 439 g/mol. The minimum absolute atomic E-state index is 0. The number of para-hydroxylation sites is 1. The molecule has 0 atom stereocenters. The third kappa shape index (κ3) is 5.72. The average molecular weight is 439 g/mol. The summed E-state index contributed by atoms with van der Waals surface area (Å²) in [6.45, 7) is 3.87. The van der Waals surface area contributed by atoms with Gasteiger partial charge in [0.15, 0.2) is 0 Å². The summed E-state index contributed by atoms with van der Waals surface area (Å²) in [6, 6.07) is 17.0. The van der Waals surface area contributed by atoms with Crippen molar-refractivity contribution in [2.24, 2.45) is 0 Å². The van der Waals surface area contributed by atoms with Gasteiger partial charge >= 0.3 is 18.6 Å². The molecule has 0 saturated carbocycles. The van der Waals surface area contributed by atoms with Crippen LogP contribution in [-0.2, 0) is 18.6 Å². The van der Waals surface area contributed by atoms with Gasteiger partial charge in [0.05, 0.1) is 11.4 Å². The van der Waals surface area contributed by atoms with Crippen LogP contribution in [0.2, 0.25) is 0 Å². The van der Waals surface area contributed by atoms with Gasteiger partial charge in [0.2, 0.25) is 0 Å². The summed E-state index contributed by atoms with van der Waals surface area (Å²) in [6.07, 6.45) is 3.43. The normalized spacial score (nSPS) is 9.83. The number of amides is 2. The molecule has 3 N–H and O–H groups in total. The summed E-state index contributed by atoms with van der Waals surface area (Å²) >= 11 is 0. The first-order valence-corrected chi connectivity index (χ1v) is 8.94. The van der Waals surface area contributed by atoms with E-state index >= 15 is 0 Å². The predicted octanol–water partition coefficient (Wildman–Crippen LogP) is 5.18. The number of nitrogens with zero attached hydrogens (tertiary/aromatic N) is 1. The van der Waals surface area contributed by atoms with Gasteiger partial charge in [0.25, 0.3) is 5.91 Å². The first-order valence-electron chi connectivity index (χ1n) is 8.94. The molecule has 2 aromatic carbocycles. The van der Waals surface area contributed by atoms with Crippen molar-refractivity contribution in [3.63, 3.8) is 0 Å². The van der Waals surface area contributed by atoms with Crippen LogP contribution in [0.4, 0.5) is 0 Å². The maximum absolute atomic E-state index is 11.9. The largest absolute Gasteiger partial charge is 2.00 e. The Bertz CT molecular complexity index is 1130. The van der Waals surface area contributed by atoms with Gasteiger partial charge in [-0.25, -0.2) is 0 Å². The zero-order valence-electron chi connectivity index (χ0n) is 17.1. The molecular formula is C23H24N4O2V. The number of H-pyrrole nitrogens is 1. The van der Waals surface area contributed by atoms with Crippen LogP contribution in [0.3, 0.4) is 0 Å². The van der Waals surface area contributed by atoms with Crippen LogP contribution < -0.4 is 5.32 Å². The number of carbonyl (C=O) groups excluding carboxylic acids is 2. The first-order chi connectivity index (χ1) is 13.5. The SMILES string of the molecule is CC(C)NC(=O)c1nccc2ccccc12.[CH3-].[NH-]C(=O)c1cccc2cc[nH]c12.[V+2]. The van der Waals surface area contributed by atoms with E-state index in [1.54, 1.807) is 24.5 Å². The Labute approximate surface area is 188 Å². The minimum atomic E-state index is -0.650. The van der Waals surface area contributed by atoms with Crippen molar-refractivity contribution in [2.75, 3.05) is 0 Å². The van der Waals surface area contributed by atoms with Crippen molar-refractivity contribution < 1.29 is 28.1 Å². The number of hydrogen-bond acceptors (Lipinski definition) is 3. The Hall–Kier alpha value is -3.09. The molecule has 0 unspecified atom stereocenters. The smallest absolute Gasteiger partial charge is 0.663 e. The topological polar surface area (TPSA) is 98.7 Å². The number of fused-ring (bicyclic) bond motifs is 2. The van der Waals surface area contributed by atoms with E-state index in [-0.39, 0.29) is 37.9 Å². The molecule has 30 heavy (non-hydrogen) atoms. The van der Waals surface area contributed by atoms with Crippen molar-refractivity contribution in [2.45, 2.75) is 19.9 Å². The Kier molecular flexibility index (Phi) is 9.31. The Morgan fingerprint density at radius 1 is 1.00 bits per heavy atom. The van der Waals surface area contributed by atoms with Crippen molar-refractivity contribution in [1.82, 2.24) is 15.3 Å². The molecule has 0 aliphatic rings. The van der Waals surface area contributed by atoms with Crippen LogP contribution in [0.25, 0.3) is 27.4 Å². The molecular weight excluding hydrogens is 415 g/mol. The van der Waals surface area contributed by atoms with E-state index in [1.165, 1.54) is 0 Å². The number of nitrogens with one attached hydrogen (secondary N) is 3. The van der Waals surface area contributed by atoms with Crippen LogP contribution in [0, 0.1) is 7.43 Å². The Morgan fingerprint density at radius 3 is 2.40 bits per heavy atom. The predicted molar refractivity (Wildman–Crippen MR) is 118 cm³/mol. The molecule has 6 nitrogen and oxygen atoms in total. The van der Waals surface area contributed by atoms with Crippen molar-refractivity contribution in [1.29, 1.82) is 0 Å². The van der Waals surface area contributed by atoms with Gasteiger partial charge in [-0.2, -0.15) is 0 Å². The molecule has 0 fully saturated rings. The third-order valence-electron chi connectivity index (χ3n) is 4.14. The van der Waals surface area contributed by atoms with Crippen LogP contribution >= 0.6 is 0 Å². The van der Waals surface area contributed by atoms with E-state index in [9.17, 15) is 9.59 Å². The van der Waals surface area contributed by atoms with Gasteiger partial charge < -0.3 is 28.3 Å². The summed E-state index contributed by atoms with van der Waals surface area (Å²) in [4.78, 5) is 29.8. The van der Waals surface area contributed by atoms with Gasteiger partial charge in [0.1, 0.15) is 5.69 Å². The number of aromatic nitrogens is 2. The first kappa shape index (κ1) is 25.0. The molecule has 153 valence electrons. The zero-order valence-corrected chi connectivity index (χ0v) is 18.5. The van der Waals surface area contributed by atoms with Gasteiger partial charge in [-0.15, -0.1) is 0 Å². The standard InChI is InChI=1S/C13H14N2O.C9H8N2O.CH3.V/c1-9(2)15-13(16)12-11-6-4-3-5-10(11)7-8-14-12;10-9(12)7-3-1-2-6-4-5-11-8(6)7;;/h3-9H,1-2H3,(H,15,16);1-5H,(H3,10,11,12);1H3;/q;;-1;+2/p-1. The molecule has 1 radical (unpaired) electrons. The molecule has 0 bridgehead atoms. The number of aromatic amines is 1. The van der Waals surface area contributed by atoms with Crippen LogP contribution in [0.15, 0.2) is 67.0 Å². The van der Waals surface area contributed by atoms with Gasteiger partial charge in [-0.05, 0) is 31.4 Å². The van der Waals surface area contributed by atoms with E-state index in [0.717, 1.165) is 21.7 Å². The van der Waals surface area contributed by atoms with Crippen LogP contribution in [0.5, 0.6) is 0 Å². The molecule has 0 saturated heterocycles. The van der Waals surface area contributed by atoms with Crippen molar-refractivity contribution in [3.8, 4) is 0 Å². The molecule has 7 heteroatoms. The minimum Gasteiger partial charge on any atom is -0.663 e. The van der Waals surface area contributed by atoms with E-state index < -0.39 is 5.91 Å². The van der Waals surface area contributed by atoms with E-state index in [4.69, 9.17) is 5.73 Å². The molecule has 2 heterocycles. The van der Waals surface area contributed by atoms with E-state index in [1.807, 2.05) is 56.3 Å². The van der Waals surface area contributed by atoms with Gasteiger partial charge in [0, 0.05) is 34.8 Å². The van der Waals surface area contributed by atoms with Crippen LogP contribution in [0.1, 0.15) is 34.7 Å². The quantitative estimate of drug-likeness (QED) is 0.430. The van der Waals surface area contributed by atoms with Crippen LogP contribution in [-0.4, -0.2) is 27.8 Å². The Balaban J connectivity index is 0.000000290. The third-order valence-corrected chi connectivity index (χ3v) is 4.14. The van der Waals surface area contributed by atoms with E-state index in [2.05, 4.69) is 15.3 Å². The molecule has 0 aliphatic heterocycles. The summed E-state index contributed by atoms with van der Waals surface area (Å²) in [5.74, 6) is -0.769. The molecule has 4 rings (SSSR count). The fourth-order valence-corrected chi connectivity index (χ4v) is 2.91. The van der Waals surface area contributed by atoms with Crippen molar-refractivity contribution >= 4 is 33.5 Å². The zero-order chi connectivity index (χ0) is 20.1. The molecule has 0 aliphatic carbocycles. The van der Waals surface area contributed by atoms with Gasteiger partial charge in [-0.1, -0.05) is 42.5 Å². The van der Waals surface area contributed by atoms with Gasteiger partial charge in [-0.3, -0.25) is 9.78 Å². The second-order valence-electron chi connectivity index (χ2n) is 6.59. The number of pyridine rings is 1. The molecule has 4 aromatic rings. The average Bonchev–Trinajstić information content (AvgIpc) is 3.16. The maximum Gasteiger partial charge on any atom is 2.00 e. The molecule has 2 aromatic heterocycles. The van der Waals surface area contributed by atoms with Crippen molar-refractivity contribution in [3.05, 3.63) is 91.4 Å². The number of hydrogen-bond donors (Lipinski definition) is 2. The Morgan fingerprint density at radius 2 is 1.70 bits per heavy atom.